The van der Waals surface area contributed by atoms with Crippen LogP contribution in [0.1, 0.15) is 86.5 Å². The normalized spacial score (nSPS) is 43.6. The number of aliphatic hydroxyl groups excluding tert-OH is 1. The molecule has 0 bridgehead atoms. The summed E-state index contributed by atoms with van der Waals surface area (Å²) in [6.45, 7) is 15.3. The molecule has 8 atom stereocenters. The Bertz CT molecular complexity index is 674. The molecule has 0 radical (unpaired) electrons. The minimum atomic E-state index is -1.19. The van der Waals surface area contributed by atoms with Crippen molar-refractivity contribution in [1.29, 1.82) is 0 Å². The van der Waals surface area contributed by atoms with Gasteiger partial charge in [0.05, 0.1) is 0 Å². The molecular formula is C26H47NO3Si. The average Bonchev–Trinajstić information content (AvgIpc) is 3.08. The first-order valence-electron chi connectivity index (χ1n) is 13.0. The standard InChI is InChI=1S/C26H47NO3Si/c1-16(2)31(17(3)4)30-18-10-12-26(6)21-11-13-25(5)20(8-9-22(25)24(28)29-7)19(21)15-27-23(26)14-18/h16-22,24,28,31H,8-15H2,1-7H3/t18?,19-,20?,21?,22?,24+,25+,26?/m1/s1. The van der Waals surface area contributed by atoms with Gasteiger partial charge in [0, 0.05) is 43.2 Å². The predicted molar refractivity (Wildman–Crippen MR) is 130 cm³/mol. The third-order valence-electron chi connectivity index (χ3n) is 10.1. The third-order valence-corrected chi connectivity index (χ3v) is 13.5. The first kappa shape index (κ1) is 23.9. The van der Waals surface area contributed by atoms with Crippen molar-refractivity contribution in [2.45, 2.75) is 110 Å². The van der Waals surface area contributed by atoms with Gasteiger partial charge in [-0.05, 0) is 72.8 Å². The van der Waals surface area contributed by atoms with Gasteiger partial charge < -0.3 is 14.3 Å². The maximum absolute atomic E-state index is 10.5. The van der Waals surface area contributed by atoms with Gasteiger partial charge in [-0.25, -0.2) is 0 Å². The Balaban J connectivity index is 1.50. The average molecular weight is 450 g/mol. The lowest BCUT2D eigenvalue weighted by molar-refractivity contribution is -0.155. The molecule has 4 aliphatic rings. The van der Waals surface area contributed by atoms with E-state index in [1.165, 1.54) is 37.8 Å². The van der Waals surface area contributed by atoms with Crippen LogP contribution < -0.4 is 0 Å². The summed E-state index contributed by atoms with van der Waals surface area (Å²) in [5, 5.41) is 10.5. The van der Waals surface area contributed by atoms with Crippen molar-refractivity contribution < 1.29 is 14.3 Å². The van der Waals surface area contributed by atoms with Crippen LogP contribution in [0.25, 0.3) is 0 Å². The number of fused-ring (bicyclic) bond motifs is 5. The smallest absolute Gasteiger partial charge is 0.182 e. The quantitative estimate of drug-likeness (QED) is 0.425. The zero-order chi connectivity index (χ0) is 22.6. The highest BCUT2D eigenvalue weighted by atomic mass is 28.3. The van der Waals surface area contributed by atoms with Gasteiger partial charge >= 0.3 is 0 Å². The number of hydrogen-bond donors (Lipinski definition) is 1. The van der Waals surface area contributed by atoms with Gasteiger partial charge in [0.15, 0.2) is 15.3 Å². The van der Waals surface area contributed by atoms with Crippen molar-refractivity contribution in [3.8, 4) is 0 Å². The molecule has 0 spiro atoms. The minimum absolute atomic E-state index is 0.202. The van der Waals surface area contributed by atoms with Crippen LogP contribution in [-0.4, -0.2) is 45.9 Å². The van der Waals surface area contributed by atoms with Crippen molar-refractivity contribution in [1.82, 2.24) is 0 Å². The highest BCUT2D eigenvalue weighted by Gasteiger charge is 2.60. The second kappa shape index (κ2) is 8.85. The second-order valence-electron chi connectivity index (χ2n) is 12.4. The third kappa shape index (κ3) is 4.00. The maximum Gasteiger partial charge on any atom is 0.182 e. The van der Waals surface area contributed by atoms with Gasteiger partial charge in [-0.3, -0.25) is 4.99 Å². The first-order chi connectivity index (χ1) is 14.6. The number of aliphatic hydroxyl groups is 1. The van der Waals surface area contributed by atoms with E-state index in [0.717, 1.165) is 25.3 Å². The molecule has 4 rings (SSSR count). The maximum atomic E-state index is 10.5. The van der Waals surface area contributed by atoms with E-state index >= 15 is 0 Å². The van der Waals surface area contributed by atoms with Gasteiger partial charge in [-0.2, -0.15) is 0 Å². The SMILES string of the molecule is CO[C@H](O)C1CCC2[C@H]3CN=C4CC(O[SiH](C(C)C)C(C)C)CCC4(C)C3CC[C@@]21C. The topological polar surface area (TPSA) is 51.0 Å². The van der Waals surface area contributed by atoms with Crippen LogP contribution in [0, 0.1) is 34.5 Å². The lowest BCUT2D eigenvalue weighted by atomic mass is 9.49. The van der Waals surface area contributed by atoms with E-state index in [1.54, 1.807) is 7.11 Å². The Morgan fingerprint density at radius 3 is 2.35 bits per heavy atom. The molecule has 5 heteroatoms. The summed E-state index contributed by atoms with van der Waals surface area (Å²) < 4.78 is 12.2. The summed E-state index contributed by atoms with van der Waals surface area (Å²) in [6, 6.07) is 0. The van der Waals surface area contributed by atoms with Crippen LogP contribution in [0.5, 0.6) is 0 Å². The number of methoxy groups -OCH3 is 1. The molecule has 5 unspecified atom stereocenters. The molecular weight excluding hydrogens is 402 g/mol. The largest absolute Gasteiger partial charge is 0.416 e. The number of hydrogen-bond acceptors (Lipinski definition) is 4. The fourth-order valence-corrected chi connectivity index (χ4v) is 11.3. The van der Waals surface area contributed by atoms with Crippen LogP contribution in [0.2, 0.25) is 11.1 Å². The molecule has 3 aliphatic carbocycles. The van der Waals surface area contributed by atoms with Gasteiger partial charge in [0.1, 0.15) is 0 Å². The number of aliphatic imine (C=N–C) groups is 1. The van der Waals surface area contributed by atoms with E-state index in [1.807, 2.05) is 0 Å². The van der Waals surface area contributed by atoms with Crippen molar-refractivity contribution in [3.05, 3.63) is 0 Å². The summed E-state index contributed by atoms with van der Waals surface area (Å²) in [4.78, 5) is 5.29. The fourth-order valence-electron chi connectivity index (χ4n) is 8.45. The monoisotopic (exact) mass is 449 g/mol. The molecule has 31 heavy (non-hydrogen) atoms. The Morgan fingerprint density at radius 2 is 1.71 bits per heavy atom. The number of ether oxygens (including phenoxy) is 1. The molecule has 0 saturated heterocycles. The molecule has 4 nitrogen and oxygen atoms in total. The van der Waals surface area contributed by atoms with Crippen molar-refractivity contribution in [2.24, 2.45) is 39.5 Å². The molecule has 1 aliphatic heterocycles. The minimum Gasteiger partial charge on any atom is -0.416 e. The molecule has 178 valence electrons. The van der Waals surface area contributed by atoms with Gasteiger partial charge in [-0.15, -0.1) is 0 Å². The molecule has 0 aromatic heterocycles. The molecule has 0 aromatic carbocycles. The van der Waals surface area contributed by atoms with Crippen LogP contribution in [-0.2, 0) is 9.16 Å². The predicted octanol–water partition coefficient (Wildman–Crippen LogP) is 5.58. The van der Waals surface area contributed by atoms with Crippen molar-refractivity contribution in [3.63, 3.8) is 0 Å². The van der Waals surface area contributed by atoms with E-state index in [0.29, 0.717) is 29.0 Å². The Hall–Kier alpha value is -0.233. The van der Waals surface area contributed by atoms with E-state index in [4.69, 9.17) is 14.2 Å². The zero-order valence-electron chi connectivity index (χ0n) is 21.1. The summed E-state index contributed by atoms with van der Waals surface area (Å²) in [6.07, 6.45) is 8.11. The summed E-state index contributed by atoms with van der Waals surface area (Å²) in [7, 11) is 0.459. The van der Waals surface area contributed by atoms with E-state index in [9.17, 15) is 5.11 Å². The number of rotatable bonds is 6. The summed E-state index contributed by atoms with van der Waals surface area (Å²) in [5.74, 6) is 2.38. The Labute approximate surface area is 192 Å². The molecule has 1 N–H and O–H groups in total. The second-order valence-corrected chi connectivity index (χ2v) is 16.3. The van der Waals surface area contributed by atoms with E-state index in [-0.39, 0.29) is 16.7 Å². The van der Waals surface area contributed by atoms with Gasteiger partial charge in [-0.1, -0.05) is 41.5 Å². The summed E-state index contributed by atoms with van der Waals surface area (Å²) >= 11 is 0. The molecule has 0 amide bonds. The van der Waals surface area contributed by atoms with Crippen LogP contribution in [0.3, 0.4) is 0 Å². The van der Waals surface area contributed by atoms with Crippen molar-refractivity contribution in [2.75, 3.05) is 13.7 Å². The van der Waals surface area contributed by atoms with Gasteiger partial charge in [0.2, 0.25) is 0 Å². The lowest BCUT2D eigenvalue weighted by Crippen LogP contribution is -2.55. The highest BCUT2D eigenvalue weighted by Crippen LogP contribution is 2.64. The Kier molecular flexibility index (Phi) is 6.82. The van der Waals surface area contributed by atoms with Crippen LogP contribution in [0.4, 0.5) is 0 Å². The highest BCUT2D eigenvalue weighted by molar-refractivity contribution is 6.55. The molecule has 0 aromatic rings. The van der Waals surface area contributed by atoms with E-state index in [2.05, 4.69) is 41.5 Å². The first-order valence-corrected chi connectivity index (χ1v) is 14.8. The van der Waals surface area contributed by atoms with Crippen LogP contribution >= 0.6 is 0 Å². The van der Waals surface area contributed by atoms with Crippen LogP contribution in [0.15, 0.2) is 4.99 Å². The molecule has 3 saturated carbocycles. The Morgan fingerprint density at radius 1 is 1.00 bits per heavy atom. The fraction of sp³-hybridized carbons (Fsp3) is 0.962. The molecule has 3 fully saturated rings. The van der Waals surface area contributed by atoms with Gasteiger partial charge in [0.25, 0.3) is 0 Å². The van der Waals surface area contributed by atoms with Crippen molar-refractivity contribution >= 4 is 14.8 Å². The molecule has 1 heterocycles. The number of nitrogens with zero attached hydrogens (tertiary/aromatic N) is 1. The summed E-state index contributed by atoms with van der Waals surface area (Å²) in [5.41, 5.74) is 3.32. The lowest BCUT2D eigenvalue weighted by Gasteiger charge is -2.57. The zero-order valence-corrected chi connectivity index (χ0v) is 22.2. The van der Waals surface area contributed by atoms with E-state index < -0.39 is 15.3 Å².